The molecular weight excluding hydrogens is 202 g/mol. The van der Waals surface area contributed by atoms with Gasteiger partial charge in [0.2, 0.25) is 5.71 Å². The zero-order chi connectivity index (χ0) is 10.5. The summed E-state index contributed by atoms with van der Waals surface area (Å²) in [5, 5.41) is 2.01. The summed E-state index contributed by atoms with van der Waals surface area (Å²) in [7, 11) is 0. The molecule has 4 heteroatoms. The SMILES string of the molecule is c1cnc2c(c1)[nH]c1oc3ccncc3c12. The van der Waals surface area contributed by atoms with Crippen molar-refractivity contribution in [1.29, 1.82) is 0 Å². The molecule has 0 saturated carbocycles. The Morgan fingerprint density at radius 3 is 3.19 bits per heavy atom. The molecule has 0 aliphatic carbocycles. The molecule has 0 saturated heterocycles. The molecule has 0 radical (unpaired) electrons. The van der Waals surface area contributed by atoms with Gasteiger partial charge in [-0.2, -0.15) is 0 Å². The quantitative estimate of drug-likeness (QED) is 0.484. The second-order valence-electron chi connectivity index (χ2n) is 3.70. The van der Waals surface area contributed by atoms with E-state index in [1.54, 1.807) is 12.4 Å². The average molecular weight is 209 g/mol. The van der Waals surface area contributed by atoms with Crippen molar-refractivity contribution in [3.05, 3.63) is 36.8 Å². The Kier molecular flexibility index (Phi) is 1.28. The van der Waals surface area contributed by atoms with Crippen molar-refractivity contribution in [2.24, 2.45) is 0 Å². The van der Waals surface area contributed by atoms with Gasteiger partial charge in [-0.05, 0) is 18.2 Å². The van der Waals surface area contributed by atoms with Gasteiger partial charge < -0.3 is 9.40 Å². The molecule has 0 bridgehead atoms. The van der Waals surface area contributed by atoms with Gasteiger partial charge in [-0.1, -0.05) is 0 Å². The van der Waals surface area contributed by atoms with Gasteiger partial charge in [0, 0.05) is 18.6 Å². The van der Waals surface area contributed by atoms with Crippen LogP contribution in [0.2, 0.25) is 0 Å². The molecular formula is C12H7N3O. The number of aromatic amines is 1. The van der Waals surface area contributed by atoms with Crippen LogP contribution in [-0.4, -0.2) is 15.0 Å². The molecule has 0 aliphatic heterocycles. The highest BCUT2D eigenvalue weighted by atomic mass is 16.3. The topological polar surface area (TPSA) is 54.7 Å². The van der Waals surface area contributed by atoms with E-state index in [0.29, 0.717) is 0 Å². The number of nitrogens with one attached hydrogen (secondary N) is 1. The van der Waals surface area contributed by atoms with E-state index in [1.807, 2.05) is 24.4 Å². The molecule has 16 heavy (non-hydrogen) atoms. The summed E-state index contributed by atoms with van der Waals surface area (Å²) >= 11 is 0. The average Bonchev–Trinajstić information content (AvgIpc) is 2.83. The zero-order valence-electron chi connectivity index (χ0n) is 8.27. The van der Waals surface area contributed by atoms with Crippen molar-refractivity contribution < 1.29 is 4.42 Å². The van der Waals surface area contributed by atoms with E-state index in [-0.39, 0.29) is 0 Å². The monoisotopic (exact) mass is 209 g/mol. The Bertz CT molecular complexity index is 747. The van der Waals surface area contributed by atoms with Crippen LogP contribution in [0.5, 0.6) is 0 Å². The van der Waals surface area contributed by atoms with Crippen molar-refractivity contribution >= 4 is 33.1 Å². The summed E-state index contributed by atoms with van der Waals surface area (Å²) < 4.78 is 5.70. The van der Waals surface area contributed by atoms with E-state index in [2.05, 4.69) is 15.0 Å². The minimum atomic E-state index is 0.761. The molecule has 4 nitrogen and oxygen atoms in total. The fraction of sp³-hybridized carbons (Fsp3) is 0. The largest absolute Gasteiger partial charge is 0.440 e. The summed E-state index contributed by atoms with van der Waals surface area (Å²) in [5.74, 6) is 0. The number of nitrogens with zero attached hydrogens (tertiary/aromatic N) is 2. The second kappa shape index (κ2) is 2.61. The number of furan rings is 1. The van der Waals surface area contributed by atoms with Crippen LogP contribution in [0.4, 0.5) is 0 Å². The van der Waals surface area contributed by atoms with Gasteiger partial charge in [0.15, 0.2) is 0 Å². The lowest BCUT2D eigenvalue weighted by molar-refractivity contribution is 0.656. The molecule has 0 spiro atoms. The van der Waals surface area contributed by atoms with Gasteiger partial charge in [-0.15, -0.1) is 0 Å². The van der Waals surface area contributed by atoms with Crippen LogP contribution < -0.4 is 0 Å². The van der Waals surface area contributed by atoms with Crippen LogP contribution in [0, 0.1) is 0 Å². The third-order valence-electron chi connectivity index (χ3n) is 2.78. The van der Waals surface area contributed by atoms with Crippen molar-refractivity contribution in [3.63, 3.8) is 0 Å². The second-order valence-corrected chi connectivity index (χ2v) is 3.70. The number of hydrogen-bond acceptors (Lipinski definition) is 3. The van der Waals surface area contributed by atoms with Crippen molar-refractivity contribution in [3.8, 4) is 0 Å². The number of hydrogen-bond donors (Lipinski definition) is 1. The number of H-pyrrole nitrogens is 1. The molecule has 0 unspecified atom stereocenters. The first-order valence-corrected chi connectivity index (χ1v) is 5.02. The molecule has 76 valence electrons. The Hall–Kier alpha value is -2.36. The van der Waals surface area contributed by atoms with Crippen LogP contribution in [0.25, 0.3) is 33.1 Å². The first kappa shape index (κ1) is 7.87. The maximum atomic E-state index is 5.70. The molecule has 0 aliphatic rings. The standard InChI is InChI=1S/C12H7N3O/c1-2-8-11(14-4-1)10-7-6-13-5-3-9(7)16-12(10)15-8/h1-6,15H. The summed E-state index contributed by atoms with van der Waals surface area (Å²) in [5.41, 5.74) is 3.52. The third kappa shape index (κ3) is 0.839. The van der Waals surface area contributed by atoms with Gasteiger partial charge in [-0.3, -0.25) is 9.97 Å². The van der Waals surface area contributed by atoms with Gasteiger partial charge >= 0.3 is 0 Å². The first-order valence-electron chi connectivity index (χ1n) is 5.02. The van der Waals surface area contributed by atoms with Gasteiger partial charge in [-0.25, -0.2) is 0 Å². The van der Waals surface area contributed by atoms with Crippen LogP contribution in [0.1, 0.15) is 0 Å². The smallest absolute Gasteiger partial charge is 0.208 e. The Balaban J connectivity index is 2.38. The molecule has 0 atom stereocenters. The Morgan fingerprint density at radius 1 is 1.19 bits per heavy atom. The van der Waals surface area contributed by atoms with Crippen molar-refractivity contribution in [1.82, 2.24) is 15.0 Å². The minimum Gasteiger partial charge on any atom is -0.440 e. The fourth-order valence-corrected chi connectivity index (χ4v) is 2.09. The molecule has 4 heterocycles. The lowest BCUT2D eigenvalue weighted by atomic mass is 10.2. The first-order chi connectivity index (χ1) is 7.93. The lowest BCUT2D eigenvalue weighted by Crippen LogP contribution is -1.73. The summed E-state index contributed by atoms with van der Waals surface area (Å²) in [6.07, 6.45) is 5.31. The molecule has 0 fully saturated rings. The van der Waals surface area contributed by atoms with E-state index >= 15 is 0 Å². The lowest BCUT2D eigenvalue weighted by Gasteiger charge is -1.88. The molecule has 4 rings (SSSR count). The van der Waals surface area contributed by atoms with E-state index < -0.39 is 0 Å². The summed E-state index contributed by atoms with van der Waals surface area (Å²) in [4.78, 5) is 11.7. The molecule has 4 aromatic heterocycles. The maximum Gasteiger partial charge on any atom is 0.208 e. The summed E-state index contributed by atoms with van der Waals surface area (Å²) in [6, 6.07) is 5.75. The predicted octanol–water partition coefficient (Wildman–Crippen LogP) is 2.86. The van der Waals surface area contributed by atoms with E-state index in [4.69, 9.17) is 4.42 Å². The Labute approximate surface area is 89.9 Å². The van der Waals surface area contributed by atoms with Crippen LogP contribution in [0.15, 0.2) is 41.2 Å². The van der Waals surface area contributed by atoms with Gasteiger partial charge in [0.1, 0.15) is 5.58 Å². The molecule has 0 aromatic carbocycles. The molecule has 4 aromatic rings. The normalized spacial score (nSPS) is 11.8. The number of pyridine rings is 2. The van der Waals surface area contributed by atoms with E-state index in [1.165, 1.54) is 0 Å². The van der Waals surface area contributed by atoms with Crippen LogP contribution >= 0.6 is 0 Å². The van der Waals surface area contributed by atoms with Crippen molar-refractivity contribution in [2.45, 2.75) is 0 Å². The van der Waals surface area contributed by atoms with E-state index in [9.17, 15) is 0 Å². The fourth-order valence-electron chi connectivity index (χ4n) is 2.09. The highest BCUT2D eigenvalue weighted by Crippen LogP contribution is 2.32. The highest BCUT2D eigenvalue weighted by Gasteiger charge is 2.13. The van der Waals surface area contributed by atoms with Crippen LogP contribution in [-0.2, 0) is 0 Å². The number of fused-ring (bicyclic) bond motifs is 5. The van der Waals surface area contributed by atoms with Gasteiger partial charge in [0.25, 0.3) is 0 Å². The predicted molar refractivity (Wildman–Crippen MR) is 61.2 cm³/mol. The third-order valence-corrected chi connectivity index (χ3v) is 2.78. The van der Waals surface area contributed by atoms with Crippen LogP contribution in [0.3, 0.4) is 0 Å². The minimum absolute atomic E-state index is 0.761. The van der Waals surface area contributed by atoms with Crippen molar-refractivity contribution in [2.75, 3.05) is 0 Å². The zero-order valence-corrected chi connectivity index (χ0v) is 8.27. The van der Waals surface area contributed by atoms with Gasteiger partial charge in [0.05, 0.1) is 21.8 Å². The number of aromatic nitrogens is 3. The van der Waals surface area contributed by atoms with E-state index in [0.717, 1.165) is 33.1 Å². The maximum absolute atomic E-state index is 5.70. The highest BCUT2D eigenvalue weighted by molar-refractivity contribution is 6.16. The number of rotatable bonds is 0. The summed E-state index contributed by atoms with van der Waals surface area (Å²) in [6.45, 7) is 0. The molecule has 1 N–H and O–H groups in total. The Morgan fingerprint density at radius 2 is 2.19 bits per heavy atom. The molecule has 0 amide bonds.